The number of imide groups is 1. The van der Waals surface area contributed by atoms with Crippen LogP contribution >= 0.6 is 0 Å². The molecule has 7 nitrogen and oxygen atoms in total. The van der Waals surface area contributed by atoms with E-state index in [9.17, 15) is 14.4 Å². The molecule has 0 spiro atoms. The Morgan fingerprint density at radius 2 is 1.83 bits per heavy atom. The van der Waals surface area contributed by atoms with E-state index in [1.165, 1.54) is 0 Å². The number of carbonyl (C=O) groups excluding carboxylic acids is 3. The quantitative estimate of drug-likeness (QED) is 0.534. The molecular weight excluding hydrogens is 372 g/mol. The minimum atomic E-state index is -0.350. The smallest absolute Gasteiger partial charge is 0.240 e. The molecule has 1 saturated carbocycles. The van der Waals surface area contributed by atoms with E-state index >= 15 is 0 Å². The van der Waals surface area contributed by atoms with Crippen molar-refractivity contribution < 1.29 is 23.9 Å². The molecular formula is C22H26N2O5. The minimum absolute atomic E-state index is 0.149. The number of likely N-dealkylation sites (tertiary alicyclic amines) is 1. The van der Waals surface area contributed by atoms with Gasteiger partial charge in [-0.05, 0) is 42.4 Å². The van der Waals surface area contributed by atoms with E-state index in [4.69, 9.17) is 9.47 Å². The summed E-state index contributed by atoms with van der Waals surface area (Å²) in [6.45, 7) is 2.68. The lowest BCUT2D eigenvalue weighted by atomic mass is 9.85. The largest absolute Gasteiger partial charge is 0.493 e. The summed E-state index contributed by atoms with van der Waals surface area (Å²) in [6.07, 6.45) is 5.87. The molecule has 0 radical (unpaired) electrons. The lowest BCUT2D eigenvalue weighted by Crippen LogP contribution is -2.41. The minimum Gasteiger partial charge on any atom is -0.493 e. The predicted molar refractivity (Wildman–Crippen MR) is 105 cm³/mol. The van der Waals surface area contributed by atoms with Gasteiger partial charge in [-0.2, -0.15) is 0 Å². The number of hydrogen-bond donors (Lipinski definition) is 1. The molecule has 4 atom stereocenters. The molecule has 1 aliphatic heterocycles. The number of carbonyl (C=O) groups is 3. The number of nitrogens with one attached hydrogen (secondary N) is 1. The highest BCUT2D eigenvalue weighted by atomic mass is 16.5. The molecule has 1 aromatic rings. The van der Waals surface area contributed by atoms with Gasteiger partial charge in [0.05, 0.1) is 25.6 Å². The predicted octanol–water partition coefficient (Wildman–Crippen LogP) is 1.91. The Labute approximate surface area is 170 Å². The van der Waals surface area contributed by atoms with Crippen molar-refractivity contribution in [3.63, 3.8) is 0 Å². The lowest BCUT2D eigenvalue weighted by molar-refractivity contribution is -0.144. The van der Waals surface area contributed by atoms with Gasteiger partial charge in [0, 0.05) is 6.54 Å². The van der Waals surface area contributed by atoms with Crippen LogP contribution in [-0.4, -0.2) is 42.9 Å². The van der Waals surface area contributed by atoms with E-state index in [2.05, 4.69) is 5.32 Å². The number of benzene rings is 1. The van der Waals surface area contributed by atoms with Gasteiger partial charge in [0.15, 0.2) is 11.5 Å². The molecule has 3 aliphatic rings. The van der Waals surface area contributed by atoms with Gasteiger partial charge in [-0.15, -0.1) is 0 Å². The Kier molecular flexibility index (Phi) is 5.30. The van der Waals surface area contributed by atoms with Crippen molar-refractivity contribution in [3.05, 3.63) is 35.9 Å². The molecule has 2 aliphatic carbocycles. The van der Waals surface area contributed by atoms with Crippen LogP contribution in [0.3, 0.4) is 0 Å². The summed E-state index contributed by atoms with van der Waals surface area (Å²) in [5.74, 6) is 0.258. The molecule has 1 N–H and O–H groups in total. The average Bonchev–Trinajstić information content (AvgIpc) is 3.41. The van der Waals surface area contributed by atoms with Gasteiger partial charge in [-0.3, -0.25) is 19.3 Å². The van der Waals surface area contributed by atoms with Crippen molar-refractivity contribution in [1.29, 1.82) is 0 Å². The first-order valence-corrected chi connectivity index (χ1v) is 10.1. The van der Waals surface area contributed by atoms with Crippen molar-refractivity contribution in [2.24, 2.45) is 23.7 Å². The molecule has 0 aromatic heterocycles. The van der Waals surface area contributed by atoms with Gasteiger partial charge in [-0.25, -0.2) is 0 Å². The highest BCUT2D eigenvalue weighted by Crippen LogP contribution is 2.52. The average molecular weight is 398 g/mol. The van der Waals surface area contributed by atoms with Crippen LogP contribution in [0.4, 0.5) is 0 Å². The first-order valence-electron chi connectivity index (χ1n) is 10.1. The van der Waals surface area contributed by atoms with Gasteiger partial charge in [0.25, 0.3) is 0 Å². The van der Waals surface area contributed by atoms with Crippen molar-refractivity contribution in [2.75, 3.05) is 20.3 Å². The fourth-order valence-electron chi connectivity index (χ4n) is 4.67. The second kappa shape index (κ2) is 7.89. The van der Waals surface area contributed by atoms with Gasteiger partial charge < -0.3 is 14.8 Å². The molecule has 4 rings (SSSR count). The van der Waals surface area contributed by atoms with Crippen molar-refractivity contribution in [3.8, 4) is 11.5 Å². The van der Waals surface area contributed by atoms with Crippen molar-refractivity contribution >= 4 is 17.7 Å². The maximum Gasteiger partial charge on any atom is 0.240 e. The Morgan fingerprint density at radius 3 is 2.45 bits per heavy atom. The zero-order valence-corrected chi connectivity index (χ0v) is 16.7. The van der Waals surface area contributed by atoms with Crippen LogP contribution in [0, 0.1) is 23.7 Å². The zero-order valence-electron chi connectivity index (χ0n) is 16.7. The first-order chi connectivity index (χ1) is 14.0. The maximum absolute atomic E-state index is 12.7. The maximum atomic E-state index is 12.7. The van der Waals surface area contributed by atoms with Crippen LogP contribution in [0.1, 0.15) is 25.3 Å². The van der Waals surface area contributed by atoms with Crippen LogP contribution in [0.15, 0.2) is 30.4 Å². The number of nitrogens with zero attached hydrogens (tertiary/aromatic N) is 1. The number of hydrogen-bond acceptors (Lipinski definition) is 5. The molecule has 1 saturated heterocycles. The number of rotatable bonds is 8. The molecule has 1 heterocycles. The fourth-order valence-corrected chi connectivity index (χ4v) is 4.67. The van der Waals surface area contributed by atoms with Crippen molar-refractivity contribution in [1.82, 2.24) is 10.2 Å². The molecule has 29 heavy (non-hydrogen) atoms. The number of ether oxygens (including phenoxy) is 2. The van der Waals surface area contributed by atoms with Gasteiger partial charge >= 0.3 is 0 Å². The molecule has 7 heteroatoms. The molecule has 2 bridgehead atoms. The van der Waals surface area contributed by atoms with E-state index in [-0.39, 0.29) is 54.5 Å². The third kappa shape index (κ3) is 3.50. The van der Waals surface area contributed by atoms with Crippen LogP contribution in [0.5, 0.6) is 11.5 Å². The standard InChI is InChI=1S/C22H26N2O5/c1-3-8-29-16-7-4-13(9-17(16)28-2)11-23-18(25)12-24-21(26)19-14-5-6-15(10-14)20(19)22(24)27/h4-7,9,14-15,19-20H,3,8,10-12H2,1-2H3,(H,23,25). The summed E-state index contributed by atoms with van der Waals surface area (Å²) >= 11 is 0. The Bertz CT molecular complexity index is 835. The Balaban J connectivity index is 1.34. The summed E-state index contributed by atoms with van der Waals surface area (Å²) in [4.78, 5) is 38.9. The van der Waals surface area contributed by atoms with Gasteiger partial charge in [0.1, 0.15) is 6.54 Å². The van der Waals surface area contributed by atoms with Crippen molar-refractivity contribution in [2.45, 2.75) is 26.3 Å². The Hall–Kier alpha value is -2.83. The van der Waals surface area contributed by atoms with E-state index < -0.39 is 0 Å². The zero-order chi connectivity index (χ0) is 20.5. The van der Waals surface area contributed by atoms with E-state index in [0.29, 0.717) is 18.1 Å². The summed E-state index contributed by atoms with van der Waals surface area (Å²) in [7, 11) is 1.57. The molecule has 2 fully saturated rings. The summed E-state index contributed by atoms with van der Waals surface area (Å²) < 4.78 is 11.0. The molecule has 3 amide bonds. The number of fused-ring (bicyclic) bond motifs is 5. The van der Waals surface area contributed by atoms with Crippen LogP contribution in [0.2, 0.25) is 0 Å². The monoisotopic (exact) mass is 398 g/mol. The molecule has 1 aromatic carbocycles. The molecule has 4 unspecified atom stereocenters. The molecule has 154 valence electrons. The number of amides is 3. The second-order valence-electron chi connectivity index (χ2n) is 7.87. The van der Waals surface area contributed by atoms with E-state index in [1.54, 1.807) is 7.11 Å². The lowest BCUT2D eigenvalue weighted by Gasteiger charge is -2.17. The Morgan fingerprint density at radius 1 is 1.14 bits per heavy atom. The second-order valence-corrected chi connectivity index (χ2v) is 7.87. The fraction of sp³-hybridized carbons (Fsp3) is 0.500. The third-order valence-electron chi connectivity index (χ3n) is 6.04. The first kappa shape index (κ1) is 19.5. The highest BCUT2D eigenvalue weighted by molar-refractivity contribution is 6.08. The summed E-state index contributed by atoms with van der Waals surface area (Å²) in [6, 6.07) is 5.48. The van der Waals surface area contributed by atoms with Crippen LogP contribution in [0.25, 0.3) is 0 Å². The third-order valence-corrected chi connectivity index (χ3v) is 6.04. The summed E-state index contributed by atoms with van der Waals surface area (Å²) in [5, 5.41) is 2.79. The number of allylic oxidation sites excluding steroid dienone is 2. The van der Waals surface area contributed by atoms with Gasteiger partial charge in [0.2, 0.25) is 17.7 Å². The highest BCUT2D eigenvalue weighted by Gasteiger charge is 2.59. The summed E-state index contributed by atoms with van der Waals surface area (Å²) in [5.41, 5.74) is 0.845. The number of methoxy groups -OCH3 is 1. The topological polar surface area (TPSA) is 84.9 Å². The normalized spacial score (nSPS) is 26.8. The SMILES string of the molecule is CCCOc1ccc(CNC(=O)CN2C(=O)C3C4C=CC(C4)C3C2=O)cc1OC. The van der Waals surface area contributed by atoms with E-state index in [0.717, 1.165) is 23.3 Å². The van der Waals surface area contributed by atoms with Crippen LogP contribution in [-0.2, 0) is 20.9 Å². The van der Waals surface area contributed by atoms with E-state index in [1.807, 2.05) is 37.3 Å². The van der Waals surface area contributed by atoms with Gasteiger partial charge in [-0.1, -0.05) is 25.1 Å². The van der Waals surface area contributed by atoms with Crippen LogP contribution < -0.4 is 14.8 Å².